The van der Waals surface area contributed by atoms with Crippen LogP contribution in [-0.2, 0) is 11.2 Å². The summed E-state index contributed by atoms with van der Waals surface area (Å²) in [5, 5.41) is 8.32. The Labute approximate surface area is 164 Å². The molecule has 1 aromatic carbocycles. The summed E-state index contributed by atoms with van der Waals surface area (Å²) < 4.78 is 14.2. The average molecular weight is 406 g/mol. The molecule has 1 unspecified atom stereocenters. The lowest BCUT2D eigenvalue weighted by molar-refractivity contribution is -0.123. The molecule has 2 aromatic heterocycles. The van der Waals surface area contributed by atoms with Gasteiger partial charge < -0.3 is 10.6 Å². The molecule has 0 aliphatic rings. The Bertz CT molecular complexity index is 938. The van der Waals surface area contributed by atoms with Crippen LogP contribution in [0, 0.1) is 11.7 Å². The quantitative estimate of drug-likeness (QED) is 0.631. The number of nitrogens with zero attached hydrogens (tertiary/aromatic N) is 1. The van der Waals surface area contributed by atoms with E-state index in [9.17, 15) is 14.0 Å². The van der Waals surface area contributed by atoms with Gasteiger partial charge in [-0.05, 0) is 29.5 Å². The topological polar surface area (TPSA) is 71.1 Å². The smallest absolute Gasteiger partial charge is 0.262 e. The molecule has 8 heteroatoms. The highest BCUT2D eigenvalue weighted by Gasteiger charge is 2.24. The summed E-state index contributed by atoms with van der Waals surface area (Å²) in [4.78, 5) is 29.7. The van der Waals surface area contributed by atoms with E-state index in [1.54, 1.807) is 18.2 Å². The van der Waals surface area contributed by atoms with E-state index in [4.69, 9.17) is 0 Å². The highest BCUT2D eigenvalue weighted by atomic mass is 32.1. The van der Waals surface area contributed by atoms with E-state index < -0.39 is 6.04 Å². The van der Waals surface area contributed by atoms with Crippen molar-refractivity contribution in [2.24, 2.45) is 5.92 Å². The third-order valence-corrected chi connectivity index (χ3v) is 5.98. The average Bonchev–Trinajstić information content (AvgIpc) is 3.28. The van der Waals surface area contributed by atoms with E-state index in [-0.39, 0.29) is 23.5 Å². The van der Waals surface area contributed by atoms with Crippen molar-refractivity contribution in [1.29, 1.82) is 0 Å². The number of hydrogen-bond acceptors (Lipinski definition) is 5. The zero-order valence-corrected chi connectivity index (χ0v) is 16.6. The van der Waals surface area contributed by atoms with Gasteiger partial charge in [0.1, 0.15) is 11.9 Å². The minimum Gasteiger partial charge on any atom is -0.354 e. The van der Waals surface area contributed by atoms with E-state index in [2.05, 4.69) is 15.6 Å². The maximum atomic E-state index is 13.2. The predicted octanol–water partition coefficient (Wildman–Crippen LogP) is 3.61. The molecule has 2 N–H and O–H groups in total. The monoisotopic (exact) mass is 405 g/mol. The Morgan fingerprint density at radius 2 is 2.07 bits per heavy atom. The van der Waals surface area contributed by atoms with Gasteiger partial charge in [-0.15, -0.1) is 22.7 Å². The van der Waals surface area contributed by atoms with Crippen molar-refractivity contribution < 1.29 is 14.0 Å². The lowest BCUT2D eigenvalue weighted by atomic mass is 10.0. The van der Waals surface area contributed by atoms with E-state index in [0.717, 1.165) is 9.71 Å². The van der Waals surface area contributed by atoms with Gasteiger partial charge in [-0.1, -0.05) is 19.9 Å². The largest absolute Gasteiger partial charge is 0.354 e. The van der Waals surface area contributed by atoms with Crippen molar-refractivity contribution in [1.82, 2.24) is 15.6 Å². The molecular weight excluding hydrogens is 385 g/mol. The molecular formula is C19H20FN3O2S2. The van der Waals surface area contributed by atoms with Crippen LogP contribution in [0.25, 0.3) is 10.2 Å². The van der Waals surface area contributed by atoms with Crippen molar-refractivity contribution >= 4 is 44.7 Å². The van der Waals surface area contributed by atoms with E-state index in [1.165, 1.54) is 34.8 Å². The Hall–Kier alpha value is -2.32. The second-order valence-corrected chi connectivity index (χ2v) is 8.50. The number of amides is 2. The maximum Gasteiger partial charge on any atom is 0.262 e. The molecule has 0 radical (unpaired) electrons. The molecule has 0 aliphatic carbocycles. The maximum absolute atomic E-state index is 13.2. The number of halogens is 1. The number of thiazole rings is 1. The second kappa shape index (κ2) is 8.58. The standard InChI is InChI=1S/C19H20FN3O2S2/c1-11(2)17(23-18(24)15-4-3-9-26-15)19(25)21-8-7-16-22-13-10-12(20)5-6-14(13)27-16/h3-6,9-11,17H,7-8H2,1-2H3,(H,21,25)(H,23,24). The van der Waals surface area contributed by atoms with Crippen molar-refractivity contribution in [3.63, 3.8) is 0 Å². The van der Waals surface area contributed by atoms with Crippen molar-refractivity contribution in [3.05, 3.63) is 51.4 Å². The molecule has 2 heterocycles. The van der Waals surface area contributed by atoms with Gasteiger partial charge in [0.25, 0.3) is 5.91 Å². The molecule has 0 aliphatic heterocycles. The number of nitrogens with one attached hydrogen (secondary N) is 2. The first-order valence-electron chi connectivity index (χ1n) is 8.61. The molecule has 0 bridgehead atoms. The summed E-state index contributed by atoms with van der Waals surface area (Å²) in [6.45, 7) is 4.18. The van der Waals surface area contributed by atoms with Crippen LogP contribution in [-0.4, -0.2) is 29.4 Å². The van der Waals surface area contributed by atoms with E-state index in [1.807, 2.05) is 19.2 Å². The normalized spacial score (nSPS) is 12.3. The summed E-state index contributed by atoms with van der Waals surface area (Å²) in [6, 6.07) is 7.45. The molecule has 0 saturated carbocycles. The fraction of sp³-hybridized carbons (Fsp3) is 0.316. The predicted molar refractivity (Wildman–Crippen MR) is 107 cm³/mol. The van der Waals surface area contributed by atoms with Gasteiger partial charge in [0.15, 0.2) is 0 Å². The highest BCUT2D eigenvalue weighted by molar-refractivity contribution is 7.18. The number of hydrogen-bond donors (Lipinski definition) is 2. The molecule has 142 valence electrons. The summed E-state index contributed by atoms with van der Waals surface area (Å²) in [5.41, 5.74) is 0.629. The molecule has 0 fully saturated rings. The zero-order valence-electron chi connectivity index (χ0n) is 15.0. The fourth-order valence-electron chi connectivity index (χ4n) is 2.61. The summed E-state index contributed by atoms with van der Waals surface area (Å²) >= 11 is 2.82. The van der Waals surface area contributed by atoms with Crippen LogP contribution >= 0.6 is 22.7 Å². The zero-order chi connectivity index (χ0) is 19.4. The summed E-state index contributed by atoms with van der Waals surface area (Å²) in [7, 11) is 0. The third-order valence-electron chi connectivity index (χ3n) is 4.01. The number of carbonyl (C=O) groups excluding carboxylic acids is 2. The van der Waals surface area contributed by atoms with E-state index in [0.29, 0.717) is 23.4 Å². The Morgan fingerprint density at radius 3 is 2.78 bits per heavy atom. The Kier molecular flexibility index (Phi) is 6.18. The second-order valence-electron chi connectivity index (χ2n) is 6.43. The van der Waals surface area contributed by atoms with Crippen LogP contribution < -0.4 is 10.6 Å². The number of thiophene rings is 1. The van der Waals surface area contributed by atoms with Crippen LogP contribution in [0.3, 0.4) is 0 Å². The number of rotatable bonds is 7. The number of carbonyl (C=O) groups is 2. The highest BCUT2D eigenvalue weighted by Crippen LogP contribution is 2.22. The lowest BCUT2D eigenvalue weighted by Crippen LogP contribution is -2.49. The molecule has 3 aromatic rings. The molecule has 2 amide bonds. The summed E-state index contributed by atoms with van der Waals surface area (Å²) in [5.74, 6) is -0.817. The minimum atomic E-state index is -0.607. The molecule has 1 atom stereocenters. The van der Waals surface area contributed by atoms with Crippen LogP contribution in [0.1, 0.15) is 28.5 Å². The van der Waals surface area contributed by atoms with Crippen molar-refractivity contribution in [3.8, 4) is 0 Å². The van der Waals surface area contributed by atoms with Gasteiger partial charge in [-0.3, -0.25) is 9.59 Å². The number of benzene rings is 1. The van der Waals surface area contributed by atoms with Crippen molar-refractivity contribution in [2.75, 3.05) is 6.54 Å². The van der Waals surface area contributed by atoms with Gasteiger partial charge in [0, 0.05) is 19.0 Å². The summed E-state index contributed by atoms with van der Waals surface area (Å²) in [6.07, 6.45) is 0.552. The SMILES string of the molecule is CC(C)C(NC(=O)c1cccs1)C(=O)NCCc1nc2cc(F)ccc2s1. The Morgan fingerprint density at radius 1 is 1.26 bits per heavy atom. The molecule has 5 nitrogen and oxygen atoms in total. The first kappa shape index (κ1) is 19.4. The molecule has 27 heavy (non-hydrogen) atoms. The van der Waals surface area contributed by atoms with Crippen molar-refractivity contribution in [2.45, 2.75) is 26.3 Å². The van der Waals surface area contributed by atoms with E-state index >= 15 is 0 Å². The molecule has 3 rings (SSSR count). The fourth-order valence-corrected chi connectivity index (χ4v) is 4.19. The lowest BCUT2D eigenvalue weighted by Gasteiger charge is -2.21. The van der Waals surface area contributed by atoms with Gasteiger partial charge in [-0.25, -0.2) is 9.37 Å². The van der Waals surface area contributed by atoms with Gasteiger partial charge in [-0.2, -0.15) is 0 Å². The van der Waals surface area contributed by atoms with Crippen LogP contribution in [0.2, 0.25) is 0 Å². The van der Waals surface area contributed by atoms with Gasteiger partial charge >= 0.3 is 0 Å². The number of fused-ring (bicyclic) bond motifs is 1. The van der Waals surface area contributed by atoms with Crippen LogP contribution in [0.4, 0.5) is 4.39 Å². The third kappa shape index (κ3) is 4.90. The van der Waals surface area contributed by atoms with Crippen LogP contribution in [0.5, 0.6) is 0 Å². The van der Waals surface area contributed by atoms with Crippen LogP contribution in [0.15, 0.2) is 35.7 Å². The van der Waals surface area contributed by atoms with Gasteiger partial charge in [0.05, 0.1) is 20.1 Å². The first-order chi connectivity index (χ1) is 12.9. The number of aromatic nitrogens is 1. The molecule has 0 saturated heterocycles. The van der Waals surface area contributed by atoms with Gasteiger partial charge in [0.2, 0.25) is 5.91 Å². The Balaban J connectivity index is 1.56. The first-order valence-corrected chi connectivity index (χ1v) is 10.3. The molecule has 0 spiro atoms. The minimum absolute atomic E-state index is 0.0423.